The molecule has 1 N–H and O–H groups in total. The van der Waals surface area contributed by atoms with Gasteiger partial charge in [-0.2, -0.15) is 0 Å². The lowest BCUT2D eigenvalue weighted by Crippen LogP contribution is -2.46. The number of carbonyl (C=O) groups excluding carboxylic acids is 1. The van der Waals surface area contributed by atoms with Crippen LogP contribution >= 0.6 is 11.6 Å². The maximum Gasteiger partial charge on any atom is 0.264 e. The number of anilines is 1. The van der Waals surface area contributed by atoms with Gasteiger partial charge in [0.1, 0.15) is 0 Å². The van der Waals surface area contributed by atoms with Crippen LogP contribution in [0.25, 0.3) is 22.2 Å². The Labute approximate surface area is 287 Å². The highest BCUT2D eigenvalue weighted by Crippen LogP contribution is 2.28. The van der Waals surface area contributed by atoms with Gasteiger partial charge in [0, 0.05) is 55.0 Å². The first kappa shape index (κ1) is 33.7. The largest absolute Gasteiger partial charge is 0.369 e. The van der Waals surface area contributed by atoms with Crippen LogP contribution in [0.3, 0.4) is 0 Å². The summed E-state index contributed by atoms with van der Waals surface area (Å²) >= 11 is 6.11. The molecular formula is C37H41ClN6O3S. The van der Waals surface area contributed by atoms with Gasteiger partial charge < -0.3 is 14.4 Å². The fraction of sp³-hybridized carbons (Fsp3) is 0.297. The number of hydrogen-bond acceptors (Lipinski definition) is 7. The fourth-order valence-corrected chi connectivity index (χ4v) is 7.27. The average molecular weight is 685 g/mol. The van der Waals surface area contributed by atoms with E-state index in [4.69, 9.17) is 11.6 Å². The van der Waals surface area contributed by atoms with Crippen molar-refractivity contribution in [3.63, 3.8) is 0 Å². The number of aromatic nitrogens is 2. The molecule has 0 unspecified atom stereocenters. The van der Waals surface area contributed by atoms with Crippen LogP contribution in [0.4, 0.5) is 5.69 Å². The van der Waals surface area contributed by atoms with Crippen LogP contribution in [-0.2, 0) is 16.6 Å². The molecule has 0 spiro atoms. The van der Waals surface area contributed by atoms with E-state index in [1.807, 2.05) is 38.4 Å². The predicted octanol–water partition coefficient (Wildman–Crippen LogP) is 6.31. The normalized spacial score (nSPS) is 14.8. The fourth-order valence-electron chi connectivity index (χ4n) is 6.15. The van der Waals surface area contributed by atoms with E-state index < -0.39 is 15.9 Å². The topological polar surface area (TPSA) is 90.8 Å². The second-order valence-electron chi connectivity index (χ2n) is 12.7. The first-order chi connectivity index (χ1) is 23.1. The van der Waals surface area contributed by atoms with Crippen molar-refractivity contribution in [2.24, 2.45) is 0 Å². The monoisotopic (exact) mass is 684 g/mol. The molecule has 5 aromatic rings. The van der Waals surface area contributed by atoms with E-state index in [-0.39, 0.29) is 16.5 Å². The van der Waals surface area contributed by atoms with E-state index in [0.29, 0.717) is 5.52 Å². The van der Waals surface area contributed by atoms with Crippen LogP contribution in [0.2, 0.25) is 5.02 Å². The Morgan fingerprint density at radius 1 is 0.938 bits per heavy atom. The molecule has 6 rings (SSSR count). The van der Waals surface area contributed by atoms with Crippen molar-refractivity contribution in [1.82, 2.24) is 24.1 Å². The first-order valence-corrected chi connectivity index (χ1v) is 18.0. The number of hydrogen-bond donors (Lipinski definition) is 1. The first-order valence-electron chi connectivity index (χ1n) is 16.2. The number of amides is 1. The molecule has 11 heteroatoms. The van der Waals surface area contributed by atoms with E-state index in [1.54, 1.807) is 24.5 Å². The van der Waals surface area contributed by atoms with Gasteiger partial charge in [-0.15, -0.1) is 0 Å². The molecule has 1 aromatic heterocycles. The van der Waals surface area contributed by atoms with Gasteiger partial charge in [-0.3, -0.25) is 9.69 Å². The Kier molecular flexibility index (Phi) is 10.2. The molecule has 9 nitrogen and oxygen atoms in total. The molecule has 1 aliphatic rings. The minimum atomic E-state index is -4.09. The van der Waals surface area contributed by atoms with Gasteiger partial charge in [0.25, 0.3) is 15.9 Å². The van der Waals surface area contributed by atoms with Gasteiger partial charge in [0.15, 0.2) is 0 Å². The standard InChI is InChI=1S/C37H41ClN6O3S/c1-27(18-19-41(2)3)44-26-39-35-24-33(16-17-36(35)44)48(46,47)40-37(45)29-10-14-32(15-11-29)43-22-20-42(21-23-43)25-30-6-4-5-7-34(30)28-8-12-31(38)13-9-28/h4-17,24,26-27H,18-23,25H2,1-3H3,(H,40,45)/t27-/m0/s1. The number of fused-ring (bicyclic) bond motifs is 1. The number of sulfonamides is 1. The molecule has 4 aromatic carbocycles. The summed E-state index contributed by atoms with van der Waals surface area (Å²) in [6.07, 6.45) is 2.67. The summed E-state index contributed by atoms with van der Waals surface area (Å²) in [7, 11) is -0.0253. The minimum absolute atomic E-state index is 0.000162. The maximum absolute atomic E-state index is 13.2. The highest BCUT2D eigenvalue weighted by atomic mass is 35.5. The summed E-state index contributed by atoms with van der Waals surface area (Å²) in [5.74, 6) is -0.673. The quantitative estimate of drug-likeness (QED) is 0.174. The average Bonchev–Trinajstić information content (AvgIpc) is 3.52. The molecule has 48 heavy (non-hydrogen) atoms. The smallest absolute Gasteiger partial charge is 0.264 e. The highest BCUT2D eigenvalue weighted by molar-refractivity contribution is 7.90. The lowest BCUT2D eigenvalue weighted by molar-refractivity contribution is 0.0981. The van der Waals surface area contributed by atoms with Crippen molar-refractivity contribution in [3.05, 3.63) is 113 Å². The van der Waals surface area contributed by atoms with Crippen molar-refractivity contribution in [2.75, 3.05) is 51.7 Å². The van der Waals surface area contributed by atoms with Gasteiger partial charge in [-0.1, -0.05) is 48.0 Å². The second-order valence-corrected chi connectivity index (χ2v) is 14.8. The number of rotatable bonds is 11. The predicted molar refractivity (Wildman–Crippen MR) is 193 cm³/mol. The SMILES string of the molecule is C[C@@H](CCN(C)C)n1cnc2cc(S(=O)(=O)NC(=O)c3ccc(N4CCN(Cc5ccccc5-c5ccc(Cl)cc5)CC4)cc3)ccc21. The maximum atomic E-state index is 13.2. The lowest BCUT2D eigenvalue weighted by Gasteiger charge is -2.36. The molecular weight excluding hydrogens is 644 g/mol. The minimum Gasteiger partial charge on any atom is -0.369 e. The van der Waals surface area contributed by atoms with E-state index >= 15 is 0 Å². The van der Waals surface area contributed by atoms with Gasteiger partial charge in [0.2, 0.25) is 0 Å². The summed E-state index contributed by atoms with van der Waals surface area (Å²) in [5.41, 5.74) is 6.34. The number of imidazole rings is 1. The molecule has 0 saturated carbocycles. The Balaban J connectivity index is 1.05. The molecule has 0 aliphatic carbocycles. The number of nitrogens with one attached hydrogen (secondary N) is 1. The van der Waals surface area contributed by atoms with Crippen molar-refractivity contribution >= 4 is 44.3 Å². The number of carbonyl (C=O) groups is 1. The van der Waals surface area contributed by atoms with Crippen LogP contribution in [0.15, 0.2) is 102 Å². The third kappa shape index (κ3) is 7.73. The second kappa shape index (κ2) is 14.5. The molecule has 1 fully saturated rings. The third-order valence-electron chi connectivity index (χ3n) is 8.99. The molecule has 1 saturated heterocycles. The molecule has 1 aliphatic heterocycles. The molecule has 250 valence electrons. The summed E-state index contributed by atoms with van der Waals surface area (Å²) in [6.45, 7) is 7.38. The Morgan fingerprint density at radius 2 is 1.65 bits per heavy atom. The van der Waals surface area contributed by atoms with Crippen molar-refractivity contribution in [3.8, 4) is 11.1 Å². The molecule has 0 bridgehead atoms. The Bertz CT molecular complexity index is 1990. The summed E-state index contributed by atoms with van der Waals surface area (Å²) in [5, 5.41) is 0.727. The van der Waals surface area contributed by atoms with E-state index in [9.17, 15) is 13.2 Å². The summed E-state index contributed by atoms with van der Waals surface area (Å²) in [6, 6.07) is 28.5. The number of piperazine rings is 1. The van der Waals surface area contributed by atoms with E-state index in [1.165, 1.54) is 23.3 Å². The molecule has 2 heterocycles. The van der Waals surface area contributed by atoms with Crippen LogP contribution in [-0.4, -0.2) is 80.5 Å². The molecule has 1 amide bonds. The number of halogens is 1. The van der Waals surface area contributed by atoms with Crippen LogP contribution in [0, 0.1) is 0 Å². The third-order valence-corrected chi connectivity index (χ3v) is 10.6. The zero-order valence-electron chi connectivity index (χ0n) is 27.5. The Hall–Kier alpha value is -4.22. The van der Waals surface area contributed by atoms with E-state index in [0.717, 1.165) is 67.5 Å². The van der Waals surface area contributed by atoms with Crippen molar-refractivity contribution < 1.29 is 13.2 Å². The summed E-state index contributed by atoms with van der Waals surface area (Å²) < 4.78 is 30.6. The highest BCUT2D eigenvalue weighted by Gasteiger charge is 2.22. The van der Waals surface area contributed by atoms with Gasteiger partial charge in [-0.05, 0) is 105 Å². The molecule has 0 radical (unpaired) electrons. The van der Waals surface area contributed by atoms with Crippen LogP contribution in [0.5, 0.6) is 0 Å². The lowest BCUT2D eigenvalue weighted by atomic mass is 9.99. The number of nitrogens with zero attached hydrogens (tertiary/aromatic N) is 5. The van der Waals surface area contributed by atoms with E-state index in [2.05, 4.69) is 72.3 Å². The van der Waals surface area contributed by atoms with Gasteiger partial charge in [-0.25, -0.2) is 18.1 Å². The van der Waals surface area contributed by atoms with Crippen molar-refractivity contribution in [1.29, 1.82) is 0 Å². The van der Waals surface area contributed by atoms with Crippen LogP contribution < -0.4 is 9.62 Å². The number of benzene rings is 4. The zero-order chi connectivity index (χ0) is 33.8. The van der Waals surface area contributed by atoms with Gasteiger partial charge in [0.05, 0.1) is 22.3 Å². The Morgan fingerprint density at radius 3 is 2.35 bits per heavy atom. The van der Waals surface area contributed by atoms with Gasteiger partial charge >= 0.3 is 0 Å². The zero-order valence-corrected chi connectivity index (χ0v) is 29.1. The van der Waals surface area contributed by atoms with Crippen molar-refractivity contribution in [2.45, 2.75) is 30.8 Å². The summed E-state index contributed by atoms with van der Waals surface area (Å²) in [4.78, 5) is 24.3. The molecule has 1 atom stereocenters. The van der Waals surface area contributed by atoms with Crippen LogP contribution in [0.1, 0.15) is 35.3 Å².